The summed E-state index contributed by atoms with van der Waals surface area (Å²) in [5.41, 5.74) is 3.15. The van der Waals surface area contributed by atoms with Gasteiger partial charge in [0.15, 0.2) is 0 Å². The molecule has 2 aromatic heterocycles. The Hall–Kier alpha value is -3.45. The summed E-state index contributed by atoms with van der Waals surface area (Å²) in [4.78, 5) is 4.92. The molecule has 5 rings (SSSR count). The van der Waals surface area contributed by atoms with Crippen LogP contribution in [0.1, 0.15) is 11.3 Å². The molecule has 0 saturated carbocycles. The van der Waals surface area contributed by atoms with Crippen molar-refractivity contribution in [3.63, 3.8) is 0 Å². The van der Waals surface area contributed by atoms with Crippen LogP contribution in [-0.2, 0) is 12.3 Å². The molecule has 7 heteroatoms. The van der Waals surface area contributed by atoms with Gasteiger partial charge < -0.3 is 4.74 Å². The molecule has 148 valence electrons. The average molecular weight is 414 g/mol. The Balaban J connectivity index is 1.41. The highest BCUT2D eigenvalue weighted by atomic mass is 32.2. The largest absolute Gasteiger partial charge is 0.497 e. The van der Waals surface area contributed by atoms with Crippen LogP contribution in [0.2, 0.25) is 0 Å². The van der Waals surface area contributed by atoms with Crippen LogP contribution in [-0.4, -0.2) is 32.3 Å². The number of tetrazole rings is 1. The van der Waals surface area contributed by atoms with Gasteiger partial charge in [-0.25, -0.2) is 4.68 Å². The summed E-state index contributed by atoms with van der Waals surface area (Å²) in [6.45, 7) is 0.602. The number of para-hydroxylation sites is 1. The molecule has 2 heterocycles. The highest BCUT2D eigenvalue weighted by Gasteiger charge is 2.12. The van der Waals surface area contributed by atoms with E-state index in [2.05, 4.69) is 58.0 Å². The summed E-state index contributed by atoms with van der Waals surface area (Å²) in [5, 5.41) is 16.6. The molecular weight excluding hydrogens is 394 g/mol. The van der Waals surface area contributed by atoms with Gasteiger partial charge in [-0.05, 0) is 39.6 Å². The lowest BCUT2D eigenvalue weighted by atomic mass is 10.0. The minimum absolute atomic E-state index is 0.602. The van der Waals surface area contributed by atoms with Crippen molar-refractivity contribution in [2.24, 2.45) is 0 Å². The first-order valence-corrected chi connectivity index (χ1v) is 10.6. The van der Waals surface area contributed by atoms with Crippen molar-refractivity contribution < 1.29 is 4.74 Å². The average Bonchev–Trinajstić information content (AvgIpc) is 3.25. The summed E-state index contributed by atoms with van der Waals surface area (Å²) in [7, 11) is 1.66. The normalized spacial score (nSPS) is 11.2. The van der Waals surface area contributed by atoms with Gasteiger partial charge in [0.2, 0.25) is 5.16 Å². The molecule has 0 aliphatic rings. The molecule has 0 atom stereocenters. The topological polar surface area (TPSA) is 65.7 Å². The van der Waals surface area contributed by atoms with Crippen LogP contribution in [0.15, 0.2) is 78.0 Å². The Morgan fingerprint density at radius 1 is 0.867 bits per heavy atom. The minimum atomic E-state index is 0.602. The summed E-state index contributed by atoms with van der Waals surface area (Å²) in [5.74, 6) is 1.52. The van der Waals surface area contributed by atoms with Gasteiger partial charge in [-0.1, -0.05) is 66.4 Å². The quantitative estimate of drug-likeness (QED) is 0.296. The van der Waals surface area contributed by atoms with Crippen molar-refractivity contribution in [3.05, 3.63) is 84.1 Å². The number of benzene rings is 3. The van der Waals surface area contributed by atoms with E-state index in [4.69, 9.17) is 9.72 Å². The first-order chi connectivity index (χ1) is 14.8. The molecule has 0 fully saturated rings. The Labute approximate surface area is 177 Å². The van der Waals surface area contributed by atoms with Gasteiger partial charge >= 0.3 is 0 Å². The molecule has 0 radical (unpaired) electrons. The predicted octanol–water partition coefficient (Wildman–Crippen LogP) is 4.72. The lowest BCUT2D eigenvalue weighted by Crippen LogP contribution is -2.04. The van der Waals surface area contributed by atoms with Crippen molar-refractivity contribution in [2.45, 2.75) is 17.5 Å². The van der Waals surface area contributed by atoms with Gasteiger partial charge in [-0.15, -0.1) is 5.10 Å². The highest BCUT2D eigenvalue weighted by Crippen LogP contribution is 2.30. The number of thioether (sulfide) groups is 1. The number of aromatic nitrogens is 5. The maximum absolute atomic E-state index is 5.22. The number of methoxy groups -OCH3 is 1. The summed E-state index contributed by atoms with van der Waals surface area (Å²) < 4.78 is 7.04. The van der Waals surface area contributed by atoms with Gasteiger partial charge in [-0.3, -0.25) is 4.98 Å². The zero-order chi connectivity index (χ0) is 20.3. The van der Waals surface area contributed by atoms with Crippen molar-refractivity contribution >= 4 is 33.4 Å². The Morgan fingerprint density at radius 3 is 2.40 bits per heavy atom. The fraction of sp³-hybridized carbons (Fsp3) is 0.130. The summed E-state index contributed by atoms with van der Waals surface area (Å²) >= 11 is 1.60. The third kappa shape index (κ3) is 3.59. The fourth-order valence-corrected chi connectivity index (χ4v) is 4.35. The third-order valence-corrected chi connectivity index (χ3v) is 5.98. The molecule has 0 amide bonds. The van der Waals surface area contributed by atoms with E-state index in [0.717, 1.165) is 33.1 Å². The minimum Gasteiger partial charge on any atom is -0.497 e. The number of nitrogens with zero attached hydrogens (tertiary/aromatic N) is 5. The number of fused-ring (bicyclic) bond motifs is 3. The zero-order valence-electron chi connectivity index (χ0n) is 16.4. The number of pyridine rings is 1. The fourth-order valence-electron chi connectivity index (χ4n) is 3.52. The lowest BCUT2D eigenvalue weighted by Gasteiger charge is -2.09. The molecule has 0 unspecified atom stereocenters. The molecule has 0 aliphatic heterocycles. The van der Waals surface area contributed by atoms with Crippen molar-refractivity contribution in [1.82, 2.24) is 25.2 Å². The van der Waals surface area contributed by atoms with Gasteiger partial charge in [0, 0.05) is 16.5 Å². The zero-order valence-corrected chi connectivity index (χ0v) is 17.2. The molecule has 0 N–H and O–H groups in total. The molecule has 30 heavy (non-hydrogen) atoms. The van der Waals surface area contributed by atoms with Crippen molar-refractivity contribution in [1.29, 1.82) is 0 Å². The molecular formula is C23H19N5OS. The number of rotatable bonds is 6. The standard InChI is InChI=1S/C23H19N5OS/c1-29-17-12-10-16(11-13-17)14-28-23(25-26-27-28)30-15-22-20-8-3-2-6-18(20)19-7-4-5-9-21(19)24-22/h2-13H,14-15H2,1H3. The molecule has 0 saturated heterocycles. The van der Waals surface area contributed by atoms with Crippen LogP contribution in [0.3, 0.4) is 0 Å². The second-order valence-electron chi connectivity index (χ2n) is 6.88. The van der Waals surface area contributed by atoms with E-state index in [1.807, 2.05) is 35.0 Å². The smallest absolute Gasteiger partial charge is 0.210 e. The Bertz CT molecular complexity index is 1320. The molecule has 3 aromatic carbocycles. The number of hydrogen-bond acceptors (Lipinski definition) is 6. The highest BCUT2D eigenvalue weighted by molar-refractivity contribution is 7.98. The van der Waals surface area contributed by atoms with E-state index in [9.17, 15) is 0 Å². The lowest BCUT2D eigenvalue weighted by molar-refractivity contribution is 0.414. The van der Waals surface area contributed by atoms with Crippen molar-refractivity contribution in [2.75, 3.05) is 7.11 Å². The Kier molecular flexibility index (Phi) is 5.03. The van der Waals surface area contributed by atoms with E-state index >= 15 is 0 Å². The van der Waals surface area contributed by atoms with E-state index in [1.165, 1.54) is 10.8 Å². The maximum Gasteiger partial charge on any atom is 0.210 e. The van der Waals surface area contributed by atoms with Crippen LogP contribution in [0.5, 0.6) is 5.75 Å². The van der Waals surface area contributed by atoms with Crippen LogP contribution in [0.4, 0.5) is 0 Å². The van der Waals surface area contributed by atoms with Crippen LogP contribution < -0.4 is 4.74 Å². The predicted molar refractivity (Wildman–Crippen MR) is 119 cm³/mol. The van der Waals surface area contributed by atoms with E-state index in [-0.39, 0.29) is 0 Å². The van der Waals surface area contributed by atoms with Crippen molar-refractivity contribution in [3.8, 4) is 5.75 Å². The molecule has 0 spiro atoms. The molecule has 0 aliphatic carbocycles. The third-order valence-electron chi connectivity index (χ3n) is 5.02. The number of hydrogen-bond donors (Lipinski definition) is 0. The van der Waals surface area contributed by atoms with Gasteiger partial charge in [0.05, 0.1) is 24.9 Å². The van der Waals surface area contributed by atoms with Gasteiger partial charge in [0.1, 0.15) is 5.75 Å². The number of ether oxygens (including phenoxy) is 1. The summed E-state index contributed by atoms with van der Waals surface area (Å²) in [6.07, 6.45) is 0. The van der Waals surface area contributed by atoms with Gasteiger partial charge in [-0.2, -0.15) is 0 Å². The van der Waals surface area contributed by atoms with Crippen LogP contribution in [0, 0.1) is 0 Å². The monoisotopic (exact) mass is 413 g/mol. The Morgan fingerprint density at radius 2 is 1.60 bits per heavy atom. The van der Waals surface area contributed by atoms with Gasteiger partial charge in [0.25, 0.3) is 0 Å². The molecule has 5 aromatic rings. The SMILES string of the molecule is COc1ccc(Cn2nnnc2SCc2nc3ccccc3c3ccccc23)cc1. The second kappa shape index (κ2) is 8.12. The molecule has 0 bridgehead atoms. The van der Waals surface area contributed by atoms with Crippen LogP contribution >= 0.6 is 11.8 Å². The van der Waals surface area contributed by atoms with E-state index in [1.54, 1.807) is 18.9 Å². The summed E-state index contributed by atoms with van der Waals surface area (Å²) in [6, 6.07) is 24.6. The van der Waals surface area contributed by atoms with E-state index in [0.29, 0.717) is 12.3 Å². The van der Waals surface area contributed by atoms with E-state index < -0.39 is 0 Å². The molecule has 6 nitrogen and oxygen atoms in total. The maximum atomic E-state index is 5.22. The first kappa shape index (κ1) is 18.6. The second-order valence-corrected chi connectivity index (χ2v) is 7.82. The first-order valence-electron chi connectivity index (χ1n) is 9.60. The van der Waals surface area contributed by atoms with Crippen LogP contribution in [0.25, 0.3) is 21.7 Å².